The van der Waals surface area contributed by atoms with Crippen LogP contribution in [0, 0.1) is 6.92 Å². The van der Waals surface area contributed by atoms with E-state index in [4.69, 9.17) is 4.74 Å². The lowest BCUT2D eigenvalue weighted by Gasteiger charge is -2.25. The lowest BCUT2D eigenvalue weighted by Crippen LogP contribution is -2.28. The van der Waals surface area contributed by atoms with Crippen LogP contribution in [0.1, 0.15) is 36.8 Å². The number of piperidine rings is 1. The summed E-state index contributed by atoms with van der Waals surface area (Å²) in [6.45, 7) is 7.18. The highest BCUT2D eigenvalue weighted by molar-refractivity contribution is 5.39. The Hall–Kier alpha value is -1.02. The third-order valence-corrected chi connectivity index (χ3v) is 3.20. The van der Waals surface area contributed by atoms with Crippen LogP contribution in [-0.2, 0) is 0 Å². The number of hydrogen-bond donors (Lipinski definition) is 1. The fourth-order valence-corrected chi connectivity index (χ4v) is 2.39. The Morgan fingerprint density at radius 3 is 3.00 bits per heavy atom. The molecule has 0 bridgehead atoms. The van der Waals surface area contributed by atoms with Crippen LogP contribution in [0.3, 0.4) is 0 Å². The van der Waals surface area contributed by atoms with Gasteiger partial charge in [-0.05, 0) is 44.9 Å². The summed E-state index contributed by atoms with van der Waals surface area (Å²) in [5.74, 6) is 1.69. The maximum atomic E-state index is 5.72. The van der Waals surface area contributed by atoms with Crippen molar-refractivity contribution in [2.75, 3.05) is 19.7 Å². The van der Waals surface area contributed by atoms with Crippen LogP contribution in [0.25, 0.3) is 0 Å². The van der Waals surface area contributed by atoms with E-state index in [1.165, 1.54) is 24.0 Å². The molecule has 0 aliphatic carbocycles. The van der Waals surface area contributed by atoms with E-state index >= 15 is 0 Å². The molecule has 16 heavy (non-hydrogen) atoms. The van der Waals surface area contributed by atoms with Crippen LogP contribution in [-0.4, -0.2) is 19.7 Å². The maximum absolute atomic E-state index is 5.72. The molecule has 1 atom stereocenters. The minimum Gasteiger partial charge on any atom is -0.494 e. The Morgan fingerprint density at radius 1 is 1.44 bits per heavy atom. The van der Waals surface area contributed by atoms with Crippen molar-refractivity contribution >= 4 is 0 Å². The molecule has 1 saturated heterocycles. The summed E-state index contributed by atoms with van der Waals surface area (Å²) < 4.78 is 5.72. The highest BCUT2D eigenvalue weighted by Gasteiger charge is 2.18. The molecular formula is C14H21NO. The number of aryl methyl sites for hydroxylation is 1. The Morgan fingerprint density at radius 2 is 2.31 bits per heavy atom. The molecule has 0 aromatic heterocycles. The van der Waals surface area contributed by atoms with Crippen molar-refractivity contribution in [3.63, 3.8) is 0 Å². The summed E-state index contributed by atoms with van der Waals surface area (Å²) >= 11 is 0. The van der Waals surface area contributed by atoms with Gasteiger partial charge >= 0.3 is 0 Å². The van der Waals surface area contributed by atoms with Gasteiger partial charge in [-0.2, -0.15) is 0 Å². The van der Waals surface area contributed by atoms with Crippen LogP contribution in [0.4, 0.5) is 0 Å². The van der Waals surface area contributed by atoms with Crippen molar-refractivity contribution in [1.82, 2.24) is 5.32 Å². The Kier molecular flexibility index (Phi) is 3.83. The highest BCUT2D eigenvalue weighted by Crippen LogP contribution is 2.31. The molecule has 1 heterocycles. The third-order valence-electron chi connectivity index (χ3n) is 3.20. The van der Waals surface area contributed by atoms with E-state index in [1.807, 2.05) is 6.92 Å². The van der Waals surface area contributed by atoms with Crippen molar-refractivity contribution in [3.8, 4) is 5.75 Å². The Labute approximate surface area is 98.0 Å². The molecule has 1 N–H and O–H groups in total. The van der Waals surface area contributed by atoms with Crippen molar-refractivity contribution in [2.45, 2.75) is 32.6 Å². The van der Waals surface area contributed by atoms with Crippen LogP contribution in [0.2, 0.25) is 0 Å². The second-order valence-electron chi connectivity index (χ2n) is 4.52. The number of ether oxygens (including phenoxy) is 1. The van der Waals surface area contributed by atoms with Gasteiger partial charge in [0.05, 0.1) is 6.61 Å². The minimum atomic E-state index is 0.621. The number of rotatable bonds is 3. The second kappa shape index (κ2) is 5.35. The molecular weight excluding hydrogens is 198 g/mol. The lowest BCUT2D eigenvalue weighted by atomic mass is 9.90. The average Bonchev–Trinajstić information content (AvgIpc) is 2.33. The van der Waals surface area contributed by atoms with E-state index in [0.29, 0.717) is 5.92 Å². The van der Waals surface area contributed by atoms with Crippen molar-refractivity contribution < 1.29 is 4.74 Å². The van der Waals surface area contributed by atoms with Gasteiger partial charge < -0.3 is 10.1 Å². The van der Waals surface area contributed by atoms with E-state index in [9.17, 15) is 0 Å². The van der Waals surface area contributed by atoms with Gasteiger partial charge in [0, 0.05) is 12.5 Å². The van der Waals surface area contributed by atoms with Gasteiger partial charge in [-0.3, -0.25) is 0 Å². The van der Waals surface area contributed by atoms with E-state index < -0.39 is 0 Å². The molecule has 0 amide bonds. The van der Waals surface area contributed by atoms with Crippen molar-refractivity contribution in [2.24, 2.45) is 0 Å². The molecule has 1 aliphatic rings. The van der Waals surface area contributed by atoms with Crippen LogP contribution >= 0.6 is 0 Å². The zero-order valence-electron chi connectivity index (χ0n) is 10.3. The predicted octanol–water partition coefficient (Wildman–Crippen LogP) is 2.86. The summed E-state index contributed by atoms with van der Waals surface area (Å²) in [4.78, 5) is 0. The summed E-state index contributed by atoms with van der Waals surface area (Å²) in [5, 5.41) is 3.47. The second-order valence-corrected chi connectivity index (χ2v) is 4.52. The zero-order chi connectivity index (χ0) is 11.4. The van der Waals surface area contributed by atoms with E-state index in [2.05, 4.69) is 30.4 Å². The molecule has 2 heteroatoms. The first-order valence-electron chi connectivity index (χ1n) is 6.25. The van der Waals surface area contributed by atoms with Gasteiger partial charge in [-0.25, -0.2) is 0 Å². The van der Waals surface area contributed by atoms with Gasteiger partial charge in [0.1, 0.15) is 5.75 Å². The van der Waals surface area contributed by atoms with Crippen molar-refractivity contribution in [1.29, 1.82) is 0 Å². The molecule has 0 spiro atoms. The van der Waals surface area contributed by atoms with Crippen LogP contribution in [0.15, 0.2) is 18.2 Å². The number of benzene rings is 1. The summed E-state index contributed by atoms with van der Waals surface area (Å²) in [7, 11) is 0. The van der Waals surface area contributed by atoms with Gasteiger partial charge in [0.15, 0.2) is 0 Å². The fourth-order valence-electron chi connectivity index (χ4n) is 2.39. The number of hydrogen-bond acceptors (Lipinski definition) is 2. The van der Waals surface area contributed by atoms with E-state index in [-0.39, 0.29) is 0 Å². The molecule has 88 valence electrons. The summed E-state index contributed by atoms with van der Waals surface area (Å²) in [6.07, 6.45) is 2.54. The SMILES string of the molecule is CCOc1ccc(C)cc1C1CCCNC1. The molecule has 0 radical (unpaired) electrons. The molecule has 1 aromatic carbocycles. The lowest BCUT2D eigenvalue weighted by molar-refractivity contribution is 0.329. The van der Waals surface area contributed by atoms with Gasteiger partial charge in [-0.15, -0.1) is 0 Å². The number of nitrogens with one attached hydrogen (secondary N) is 1. The van der Waals surface area contributed by atoms with E-state index in [1.54, 1.807) is 0 Å². The zero-order valence-corrected chi connectivity index (χ0v) is 10.3. The van der Waals surface area contributed by atoms with Crippen LogP contribution in [0.5, 0.6) is 5.75 Å². The molecule has 2 rings (SSSR count). The first-order chi connectivity index (χ1) is 7.81. The Bertz CT molecular complexity index is 343. The first-order valence-corrected chi connectivity index (χ1v) is 6.25. The molecule has 0 saturated carbocycles. The van der Waals surface area contributed by atoms with Gasteiger partial charge in [0.2, 0.25) is 0 Å². The fraction of sp³-hybridized carbons (Fsp3) is 0.571. The maximum Gasteiger partial charge on any atom is 0.122 e. The Balaban J connectivity index is 2.24. The minimum absolute atomic E-state index is 0.621. The van der Waals surface area contributed by atoms with Gasteiger partial charge in [0.25, 0.3) is 0 Å². The predicted molar refractivity (Wildman–Crippen MR) is 67.2 cm³/mol. The molecule has 1 aromatic rings. The molecule has 2 nitrogen and oxygen atoms in total. The van der Waals surface area contributed by atoms with Gasteiger partial charge in [-0.1, -0.05) is 17.7 Å². The topological polar surface area (TPSA) is 21.3 Å². The standard InChI is InChI=1S/C14H21NO/c1-3-16-14-7-6-11(2)9-13(14)12-5-4-8-15-10-12/h6-7,9,12,15H,3-5,8,10H2,1-2H3. The summed E-state index contributed by atoms with van der Waals surface area (Å²) in [5.41, 5.74) is 2.71. The highest BCUT2D eigenvalue weighted by atomic mass is 16.5. The van der Waals surface area contributed by atoms with Crippen molar-refractivity contribution in [3.05, 3.63) is 29.3 Å². The molecule has 1 unspecified atom stereocenters. The average molecular weight is 219 g/mol. The summed E-state index contributed by atoms with van der Waals surface area (Å²) in [6, 6.07) is 6.52. The molecule has 1 aliphatic heterocycles. The smallest absolute Gasteiger partial charge is 0.122 e. The monoisotopic (exact) mass is 219 g/mol. The largest absolute Gasteiger partial charge is 0.494 e. The van der Waals surface area contributed by atoms with Crippen LogP contribution < -0.4 is 10.1 Å². The third kappa shape index (κ3) is 2.56. The first kappa shape index (κ1) is 11.5. The normalized spacial score (nSPS) is 20.8. The van der Waals surface area contributed by atoms with E-state index in [0.717, 1.165) is 25.4 Å². The molecule has 1 fully saturated rings. The quantitative estimate of drug-likeness (QED) is 0.844.